The Kier molecular flexibility index (Phi) is 3.28. The normalized spacial score (nSPS) is 11.3. The first-order chi connectivity index (χ1) is 6.83. The van der Waals surface area contributed by atoms with Crippen molar-refractivity contribution in [2.45, 2.75) is 40.2 Å². The van der Waals surface area contributed by atoms with Gasteiger partial charge in [0.2, 0.25) is 0 Å². The van der Waals surface area contributed by atoms with Crippen molar-refractivity contribution in [3.8, 4) is 0 Å². The monoisotopic (exact) mass is 206 g/mol. The quantitative estimate of drug-likeness (QED) is 0.773. The molecule has 0 aliphatic carbocycles. The van der Waals surface area contributed by atoms with Crippen molar-refractivity contribution >= 4 is 11.4 Å². The van der Waals surface area contributed by atoms with E-state index in [1.807, 2.05) is 7.05 Å². The van der Waals surface area contributed by atoms with Crippen molar-refractivity contribution in [2.75, 3.05) is 17.7 Å². The smallest absolute Gasteiger partial charge is 0.0582 e. The second-order valence-electron chi connectivity index (χ2n) is 5.11. The molecule has 0 saturated heterocycles. The van der Waals surface area contributed by atoms with Crippen molar-refractivity contribution in [3.63, 3.8) is 0 Å². The average molecular weight is 206 g/mol. The van der Waals surface area contributed by atoms with E-state index in [1.54, 1.807) is 0 Å². The Balaban J connectivity index is 3.11. The highest BCUT2D eigenvalue weighted by Crippen LogP contribution is 2.27. The van der Waals surface area contributed by atoms with Gasteiger partial charge in [-0.1, -0.05) is 0 Å². The molecule has 1 rings (SSSR count). The fourth-order valence-corrected chi connectivity index (χ4v) is 1.53. The maximum atomic E-state index is 3.51. The molecule has 2 heteroatoms. The van der Waals surface area contributed by atoms with Gasteiger partial charge in [-0.3, -0.25) is 0 Å². The Morgan fingerprint density at radius 3 is 1.80 bits per heavy atom. The molecule has 84 valence electrons. The highest BCUT2D eigenvalue weighted by atomic mass is 15.0. The Morgan fingerprint density at radius 1 is 0.933 bits per heavy atom. The van der Waals surface area contributed by atoms with Crippen LogP contribution in [0.15, 0.2) is 12.1 Å². The van der Waals surface area contributed by atoms with Gasteiger partial charge in [0.05, 0.1) is 11.4 Å². The molecule has 15 heavy (non-hydrogen) atoms. The van der Waals surface area contributed by atoms with Gasteiger partial charge in [0, 0.05) is 12.6 Å². The van der Waals surface area contributed by atoms with Gasteiger partial charge in [0.25, 0.3) is 0 Å². The number of nitrogens with one attached hydrogen (secondary N) is 2. The van der Waals surface area contributed by atoms with Crippen LogP contribution in [0.3, 0.4) is 0 Å². The van der Waals surface area contributed by atoms with Crippen molar-refractivity contribution < 1.29 is 0 Å². The Morgan fingerprint density at radius 2 is 1.40 bits per heavy atom. The molecule has 0 saturated carbocycles. The zero-order valence-electron chi connectivity index (χ0n) is 10.7. The standard InChI is InChI=1S/C13H22N2/c1-9-7-11(14-6)12(8-10(9)2)15-13(3,4)5/h7-8,14-15H,1-6H3. The minimum Gasteiger partial charge on any atom is -0.386 e. The molecule has 1 aromatic rings. The Bertz CT molecular complexity index is 348. The van der Waals surface area contributed by atoms with Crippen LogP contribution in [0.1, 0.15) is 31.9 Å². The van der Waals surface area contributed by atoms with E-state index >= 15 is 0 Å². The summed E-state index contributed by atoms with van der Waals surface area (Å²) >= 11 is 0. The van der Waals surface area contributed by atoms with Crippen molar-refractivity contribution in [2.24, 2.45) is 0 Å². The van der Waals surface area contributed by atoms with Crippen LogP contribution in [0, 0.1) is 13.8 Å². The molecule has 0 aliphatic heterocycles. The summed E-state index contributed by atoms with van der Waals surface area (Å²) in [6, 6.07) is 4.38. The molecule has 2 N–H and O–H groups in total. The lowest BCUT2D eigenvalue weighted by atomic mass is 10.0. The van der Waals surface area contributed by atoms with Gasteiger partial charge in [0.15, 0.2) is 0 Å². The summed E-state index contributed by atoms with van der Waals surface area (Å²) in [6.07, 6.45) is 0. The molecule has 0 fully saturated rings. The van der Waals surface area contributed by atoms with Crippen LogP contribution in [0.25, 0.3) is 0 Å². The van der Waals surface area contributed by atoms with Crippen LogP contribution in [0.2, 0.25) is 0 Å². The summed E-state index contributed by atoms with van der Waals surface area (Å²) in [7, 11) is 1.96. The zero-order chi connectivity index (χ0) is 11.6. The summed E-state index contributed by atoms with van der Waals surface area (Å²) in [6.45, 7) is 10.8. The van der Waals surface area contributed by atoms with E-state index in [2.05, 4.69) is 57.4 Å². The summed E-state index contributed by atoms with van der Waals surface area (Å²) in [5.41, 5.74) is 5.06. The number of aryl methyl sites for hydroxylation is 2. The molecule has 2 nitrogen and oxygen atoms in total. The fraction of sp³-hybridized carbons (Fsp3) is 0.538. The highest BCUT2D eigenvalue weighted by molar-refractivity contribution is 5.71. The Labute approximate surface area is 93.1 Å². The maximum absolute atomic E-state index is 3.51. The molecular formula is C13H22N2. The number of hydrogen-bond acceptors (Lipinski definition) is 2. The first-order valence-corrected chi connectivity index (χ1v) is 5.40. The zero-order valence-corrected chi connectivity index (χ0v) is 10.7. The molecule has 0 bridgehead atoms. The minimum atomic E-state index is 0.0906. The van der Waals surface area contributed by atoms with Gasteiger partial charge < -0.3 is 10.6 Å². The predicted octanol–water partition coefficient (Wildman–Crippen LogP) is 3.56. The van der Waals surface area contributed by atoms with E-state index in [0.29, 0.717) is 0 Å². The van der Waals surface area contributed by atoms with Crippen LogP contribution in [0.5, 0.6) is 0 Å². The second kappa shape index (κ2) is 4.13. The molecule has 0 unspecified atom stereocenters. The molecule has 0 aromatic heterocycles. The molecule has 0 heterocycles. The number of benzene rings is 1. The van der Waals surface area contributed by atoms with E-state index < -0.39 is 0 Å². The molecule has 0 aliphatic rings. The SMILES string of the molecule is CNc1cc(C)c(C)cc1NC(C)(C)C. The van der Waals surface area contributed by atoms with Gasteiger partial charge in [-0.15, -0.1) is 0 Å². The van der Waals surface area contributed by atoms with E-state index in [4.69, 9.17) is 0 Å². The van der Waals surface area contributed by atoms with Crippen LogP contribution >= 0.6 is 0 Å². The highest BCUT2D eigenvalue weighted by Gasteiger charge is 2.12. The maximum Gasteiger partial charge on any atom is 0.0582 e. The van der Waals surface area contributed by atoms with Crippen LogP contribution in [0.4, 0.5) is 11.4 Å². The lowest BCUT2D eigenvalue weighted by molar-refractivity contribution is 0.634. The van der Waals surface area contributed by atoms with Crippen LogP contribution < -0.4 is 10.6 Å². The number of rotatable bonds is 2. The van der Waals surface area contributed by atoms with Gasteiger partial charge >= 0.3 is 0 Å². The van der Waals surface area contributed by atoms with E-state index in [0.717, 1.165) is 5.69 Å². The average Bonchev–Trinajstić information content (AvgIpc) is 2.08. The lowest BCUT2D eigenvalue weighted by Gasteiger charge is -2.25. The van der Waals surface area contributed by atoms with E-state index in [1.165, 1.54) is 16.8 Å². The third-order valence-corrected chi connectivity index (χ3v) is 2.41. The largest absolute Gasteiger partial charge is 0.386 e. The van der Waals surface area contributed by atoms with Crippen molar-refractivity contribution in [1.82, 2.24) is 0 Å². The summed E-state index contributed by atoms with van der Waals surface area (Å²) in [4.78, 5) is 0. The number of hydrogen-bond donors (Lipinski definition) is 2. The summed E-state index contributed by atoms with van der Waals surface area (Å²) in [5.74, 6) is 0. The fourth-order valence-electron chi connectivity index (χ4n) is 1.53. The van der Waals surface area contributed by atoms with Crippen LogP contribution in [-0.4, -0.2) is 12.6 Å². The lowest BCUT2D eigenvalue weighted by Crippen LogP contribution is -2.26. The first-order valence-electron chi connectivity index (χ1n) is 5.40. The molecule has 0 spiro atoms. The second-order valence-corrected chi connectivity index (χ2v) is 5.11. The predicted molar refractivity (Wildman–Crippen MR) is 68.8 cm³/mol. The van der Waals surface area contributed by atoms with Crippen molar-refractivity contribution in [3.05, 3.63) is 23.3 Å². The summed E-state index contributed by atoms with van der Waals surface area (Å²) < 4.78 is 0. The minimum absolute atomic E-state index is 0.0906. The van der Waals surface area contributed by atoms with Gasteiger partial charge in [-0.2, -0.15) is 0 Å². The molecule has 0 amide bonds. The molecule has 0 radical (unpaired) electrons. The van der Waals surface area contributed by atoms with Gasteiger partial charge in [0.1, 0.15) is 0 Å². The van der Waals surface area contributed by atoms with Crippen molar-refractivity contribution in [1.29, 1.82) is 0 Å². The van der Waals surface area contributed by atoms with E-state index in [9.17, 15) is 0 Å². The van der Waals surface area contributed by atoms with E-state index in [-0.39, 0.29) is 5.54 Å². The Hall–Kier alpha value is -1.18. The first kappa shape index (κ1) is 11.9. The number of anilines is 2. The molecule has 0 atom stereocenters. The molecule has 1 aromatic carbocycles. The van der Waals surface area contributed by atoms with Crippen LogP contribution in [-0.2, 0) is 0 Å². The topological polar surface area (TPSA) is 24.1 Å². The molecular weight excluding hydrogens is 184 g/mol. The van der Waals surface area contributed by atoms with Gasteiger partial charge in [-0.25, -0.2) is 0 Å². The third-order valence-electron chi connectivity index (χ3n) is 2.41. The van der Waals surface area contributed by atoms with Gasteiger partial charge in [-0.05, 0) is 57.9 Å². The third kappa shape index (κ3) is 3.15. The summed E-state index contributed by atoms with van der Waals surface area (Å²) in [5, 5.41) is 6.73.